The van der Waals surface area contributed by atoms with E-state index in [-0.39, 0.29) is 0 Å². The van der Waals surface area contributed by atoms with Gasteiger partial charge in [-0.05, 0) is 29.8 Å². The van der Waals surface area contributed by atoms with Gasteiger partial charge in [0.25, 0.3) is 0 Å². The molecule has 0 bridgehead atoms. The largest absolute Gasteiger partial charge is 0.456 e. The SMILES string of the molecule is CC(C)NCc1ccc(Oc2ccccc2)c(C#N)c1. The molecule has 1 N–H and O–H groups in total. The zero-order chi connectivity index (χ0) is 14.4. The second-order valence-electron chi connectivity index (χ2n) is 4.89. The van der Waals surface area contributed by atoms with Gasteiger partial charge in [0.2, 0.25) is 0 Å². The number of hydrogen-bond donors (Lipinski definition) is 1. The minimum atomic E-state index is 0.417. The van der Waals surface area contributed by atoms with E-state index in [1.54, 1.807) is 0 Å². The molecule has 0 radical (unpaired) electrons. The number of para-hydroxylation sites is 1. The summed E-state index contributed by atoms with van der Waals surface area (Å²) in [7, 11) is 0. The first-order chi connectivity index (χ1) is 9.69. The van der Waals surface area contributed by atoms with Crippen molar-refractivity contribution in [1.29, 1.82) is 5.26 Å². The Hall–Kier alpha value is -2.31. The van der Waals surface area contributed by atoms with Gasteiger partial charge in [0.15, 0.2) is 0 Å². The van der Waals surface area contributed by atoms with E-state index in [9.17, 15) is 5.26 Å². The van der Waals surface area contributed by atoms with Crippen molar-refractivity contribution in [3.05, 3.63) is 59.7 Å². The van der Waals surface area contributed by atoms with Crippen LogP contribution < -0.4 is 10.1 Å². The Bertz CT molecular complexity index is 600. The molecule has 0 aliphatic heterocycles. The van der Waals surface area contributed by atoms with E-state index >= 15 is 0 Å². The van der Waals surface area contributed by atoms with Crippen LogP contribution in [0.2, 0.25) is 0 Å². The van der Waals surface area contributed by atoms with E-state index in [1.807, 2.05) is 48.5 Å². The third-order valence-corrected chi connectivity index (χ3v) is 2.85. The van der Waals surface area contributed by atoms with Crippen molar-refractivity contribution >= 4 is 0 Å². The van der Waals surface area contributed by atoms with Crippen molar-refractivity contribution in [1.82, 2.24) is 5.32 Å². The molecule has 2 aromatic carbocycles. The molecule has 2 rings (SSSR count). The monoisotopic (exact) mass is 266 g/mol. The van der Waals surface area contributed by atoms with E-state index in [2.05, 4.69) is 25.2 Å². The Morgan fingerprint density at radius 3 is 2.55 bits per heavy atom. The summed E-state index contributed by atoms with van der Waals surface area (Å²) in [5.74, 6) is 1.32. The minimum Gasteiger partial charge on any atom is -0.456 e. The van der Waals surface area contributed by atoms with Crippen LogP contribution in [0.15, 0.2) is 48.5 Å². The lowest BCUT2D eigenvalue weighted by Gasteiger charge is -2.11. The van der Waals surface area contributed by atoms with Crippen LogP contribution in [-0.2, 0) is 6.54 Å². The number of nitriles is 1. The third-order valence-electron chi connectivity index (χ3n) is 2.85. The van der Waals surface area contributed by atoms with E-state index in [0.29, 0.717) is 17.4 Å². The van der Waals surface area contributed by atoms with Gasteiger partial charge in [-0.1, -0.05) is 38.1 Å². The second kappa shape index (κ2) is 6.74. The Morgan fingerprint density at radius 1 is 1.15 bits per heavy atom. The highest BCUT2D eigenvalue weighted by molar-refractivity contribution is 5.47. The Balaban J connectivity index is 2.16. The predicted octanol–water partition coefficient (Wildman–Crippen LogP) is 3.85. The lowest BCUT2D eigenvalue weighted by molar-refractivity contribution is 0.480. The smallest absolute Gasteiger partial charge is 0.145 e. The maximum atomic E-state index is 9.25. The summed E-state index contributed by atoms with van der Waals surface area (Å²) >= 11 is 0. The van der Waals surface area contributed by atoms with E-state index in [1.165, 1.54) is 0 Å². The molecule has 0 spiro atoms. The molecule has 0 aliphatic carbocycles. The van der Waals surface area contributed by atoms with Crippen LogP contribution in [0.3, 0.4) is 0 Å². The quantitative estimate of drug-likeness (QED) is 0.894. The predicted molar refractivity (Wildman–Crippen MR) is 79.6 cm³/mol. The van der Waals surface area contributed by atoms with Gasteiger partial charge in [-0.25, -0.2) is 0 Å². The van der Waals surface area contributed by atoms with E-state index in [0.717, 1.165) is 17.9 Å². The maximum Gasteiger partial charge on any atom is 0.145 e. The van der Waals surface area contributed by atoms with Crippen LogP contribution in [0, 0.1) is 11.3 Å². The molecule has 0 heterocycles. The maximum absolute atomic E-state index is 9.25. The van der Waals surface area contributed by atoms with Gasteiger partial charge in [0, 0.05) is 12.6 Å². The number of ether oxygens (including phenoxy) is 1. The van der Waals surface area contributed by atoms with Crippen molar-refractivity contribution in [3.8, 4) is 17.6 Å². The van der Waals surface area contributed by atoms with E-state index in [4.69, 9.17) is 4.74 Å². The lowest BCUT2D eigenvalue weighted by Crippen LogP contribution is -2.21. The molecule has 0 amide bonds. The van der Waals surface area contributed by atoms with Crippen LogP contribution in [0.5, 0.6) is 11.5 Å². The average Bonchev–Trinajstić information content (AvgIpc) is 2.47. The van der Waals surface area contributed by atoms with Gasteiger partial charge in [-0.15, -0.1) is 0 Å². The number of benzene rings is 2. The molecule has 0 unspecified atom stereocenters. The first kappa shape index (κ1) is 14.1. The summed E-state index contributed by atoms with van der Waals surface area (Å²) in [4.78, 5) is 0. The fraction of sp³-hybridized carbons (Fsp3) is 0.235. The molecular formula is C17H18N2O. The molecule has 0 atom stereocenters. The Morgan fingerprint density at radius 2 is 1.90 bits per heavy atom. The summed E-state index contributed by atoms with van der Waals surface area (Å²) < 4.78 is 5.74. The van der Waals surface area contributed by atoms with Crippen molar-refractivity contribution < 1.29 is 4.74 Å². The molecule has 0 saturated carbocycles. The minimum absolute atomic E-state index is 0.417. The molecule has 0 fully saturated rings. The zero-order valence-corrected chi connectivity index (χ0v) is 11.8. The molecule has 3 heteroatoms. The molecule has 0 aromatic heterocycles. The molecule has 20 heavy (non-hydrogen) atoms. The van der Waals surface area contributed by atoms with Gasteiger partial charge < -0.3 is 10.1 Å². The standard InChI is InChI=1S/C17H18N2O/c1-13(2)19-12-14-8-9-17(15(10-14)11-18)20-16-6-4-3-5-7-16/h3-10,13,19H,12H2,1-2H3. The first-order valence-corrected chi connectivity index (χ1v) is 6.68. The summed E-state index contributed by atoms with van der Waals surface area (Å²) in [6.45, 7) is 4.94. The average molecular weight is 266 g/mol. The van der Waals surface area contributed by atoms with Crippen molar-refractivity contribution in [2.75, 3.05) is 0 Å². The topological polar surface area (TPSA) is 45.0 Å². The fourth-order valence-electron chi connectivity index (χ4n) is 1.80. The highest BCUT2D eigenvalue weighted by Gasteiger charge is 2.06. The highest BCUT2D eigenvalue weighted by Crippen LogP contribution is 2.25. The van der Waals surface area contributed by atoms with Crippen molar-refractivity contribution in [2.45, 2.75) is 26.4 Å². The van der Waals surface area contributed by atoms with Crippen LogP contribution in [-0.4, -0.2) is 6.04 Å². The van der Waals surface area contributed by atoms with Gasteiger partial charge >= 0.3 is 0 Å². The van der Waals surface area contributed by atoms with E-state index < -0.39 is 0 Å². The summed E-state index contributed by atoms with van der Waals surface area (Å²) in [6, 6.07) is 17.8. The van der Waals surface area contributed by atoms with Gasteiger partial charge in [-0.2, -0.15) is 5.26 Å². The number of hydrogen-bond acceptors (Lipinski definition) is 3. The van der Waals surface area contributed by atoms with Crippen molar-refractivity contribution in [3.63, 3.8) is 0 Å². The third kappa shape index (κ3) is 3.84. The van der Waals surface area contributed by atoms with Crippen molar-refractivity contribution in [2.24, 2.45) is 0 Å². The van der Waals surface area contributed by atoms with Crippen LogP contribution in [0.1, 0.15) is 25.0 Å². The van der Waals surface area contributed by atoms with Crippen LogP contribution >= 0.6 is 0 Å². The van der Waals surface area contributed by atoms with Gasteiger partial charge in [-0.3, -0.25) is 0 Å². The van der Waals surface area contributed by atoms with Gasteiger partial charge in [0.1, 0.15) is 17.6 Å². The Labute approximate surface area is 119 Å². The van der Waals surface area contributed by atoms with Gasteiger partial charge in [0.05, 0.1) is 5.56 Å². The number of nitrogens with one attached hydrogen (secondary N) is 1. The highest BCUT2D eigenvalue weighted by atomic mass is 16.5. The molecule has 3 nitrogen and oxygen atoms in total. The summed E-state index contributed by atoms with van der Waals surface area (Å²) in [5.41, 5.74) is 1.63. The molecular weight excluding hydrogens is 248 g/mol. The fourth-order valence-corrected chi connectivity index (χ4v) is 1.80. The number of nitrogens with zero attached hydrogens (tertiary/aromatic N) is 1. The zero-order valence-electron chi connectivity index (χ0n) is 11.8. The molecule has 102 valence electrons. The second-order valence-corrected chi connectivity index (χ2v) is 4.89. The summed E-state index contributed by atoms with van der Waals surface area (Å²) in [6.07, 6.45) is 0. The summed E-state index contributed by atoms with van der Waals surface area (Å²) in [5, 5.41) is 12.6. The number of rotatable bonds is 5. The normalized spacial score (nSPS) is 10.3. The first-order valence-electron chi connectivity index (χ1n) is 6.68. The molecule has 0 aliphatic rings. The van der Waals surface area contributed by atoms with Crippen LogP contribution in [0.4, 0.5) is 0 Å². The molecule has 0 saturated heterocycles. The van der Waals surface area contributed by atoms with Crippen LogP contribution in [0.25, 0.3) is 0 Å². The lowest BCUT2D eigenvalue weighted by atomic mass is 10.1. The molecule has 2 aromatic rings. The Kier molecular flexibility index (Phi) is 4.75.